The van der Waals surface area contributed by atoms with Crippen molar-refractivity contribution in [2.75, 3.05) is 30.7 Å². The van der Waals surface area contributed by atoms with Gasteiger partial charge in [-0.25, -0.2) is 0 Å². The van der Waals surface area contributed by atoms with Crippen LogP contribution < -0.4 is 16.4 Å². The third-order valence-electron chi connectivity index (χ3n) is 3.42. The van der Waals surface area contributed by atoms with Gasteiger partial charge in [0, 0.05) is 37.4 Å². The topological polar surface area (TPSA) is 87.5 Å². The zero-order valence-electron chi connectivity index (χ0n) is 11.6. The Morgan fingerprint density at radius 2 is 2.35 bits per heavy atom. The van der Waals surface area contributed by atoms with Crippen molar-refractivity contribution in [2.45, 2.75) is 19.4 Å². The second-order valence-electron chi connectivity index (χ2n) is 4.93. The average Bonchev–Trinajstić information content (AvgIpc) is 2.40. The smallest absolute Gasteiger partial charge is 0.237 e. The lowest BCUT2D eigenvalue weighted by atomic mass is 10.2. The van der Waals surface area contributed by atoms with Crippen molar-refractivity contribution in [3.8, 4) is 0 Å². The van der Waals surface area contributed by atoms with E-state index in [9.17, 15) is 9.59 Å². The minimum absolute atomic E-state index is 0.0208. The Hall–Kier alpha value is -2.08. The third-order valence-corrected chi connectivity index (χ3v) is 3.42. The summed E-state index contributed by atoms with van der Waals surface area (Å²) in [6.45, 7) is 3.84. The number of hydrogen-bond acceptors (Lipinski definition) is 4. The van der Waals surface area contributed by atoms with Crippen LogP contribution in [0.5, 0.6) is 0 Å². The van der Waals surface area contributed by atoms with E-state index in [0.717, 1.165) is 6.54 Å². The molecule has 2 amide bonds. The number of nitrogens with two attached hydrogens (primary N) is 1. The molecule has 1 saturated heterocycles. The molecule has 108 valence electrons. The fourth-order valence-electron chi connectivity index (χ4n) is 2.22. The molecule has 0 spiro atoms. The fourth-order valence-corrected chi connectivity index (χ4v) is 2.22. The standard InChI is InChI=1S/C14H20N4O2/c1-10-14(20)16-6-8-18(10)7-5-13(19)17-12-4-2-3-11(15)9-12/h2-4,9-10H,5-8,15H2,1H3,(H,16,20)(H,17,19). The number of nitrogen functional groups attached to an aromatic ring is 1. The molecule has 1 fully saturated rings. The number of piperazine rings is 1. The molecule has 20 heavy (non-hydrogen) atoms. The highest BCUT2D eigenvalue weighted by Crippen LogP contribution is 2.12. The van der Waals surface area contributed by atoms with E-state index < -0.39 is 0 Å². The van der Waals surface area contributed by atoms with Gasteiger partial charge >= 0.3 is 0 Å². The minimum atomic E-state index is -0.177. The number of carbonyl (C=O) groups is 2. The first kappa shape index (κ1) is 14.3. The molecule has 0 aliphatic carbocycles. The third kappa shape index (κ3) is 3.71. The van der Waals surface area contributed by atoms with Crippen molar-refractivity contribution in [1.29, 1.82) is 0 Å². The van der Waals surface area contributed by atoms with Gasteiger partial charge in [-0.3, -0.25) is 14.5 Å². The molecule has 0 bridgehead atoms. The van der Waals surface area contributed by atoms with E-state index in [0.29, 0.717) is 30.9 Å². The number of rotatable bonds is 4. The molecular weight excluding hydrogens is 256 g/mol. The summed E-state index contributed by atoms with van der Waals surface area (Å²) >= 11 is 0. The molecule has 0 radical (unpaired) electrons. The Labute approximate surface area is 118 Å². The van der Waals surface area contributed by atoms with E-state index in [-0.39, 0.29) is 17.9 Å². The second kappa shape index (κ2) is 6.38. The van der Waals surface area contributed by atoms with Gasteiger partial charge in [0.2, 0.25) is 11.8 Å². The molecule has 1 atom stereocenters. The second-order valence-corrected chi connectivity index (χ2v) is 4.93. The van der Waals surface area contributed by atoms with Crippen molar-refractivity contribution in [3.63, 3.8) is 0 Å². The maximum absolute atomic E-state index is 11.9. The van der Waals surface area contributed by atoms with E-state index >= 15 is 0 Å². The maximum Gasteiger partial charge on any atom is 0.237 e. The SMILES string of the molecule is CC1C(=O)NCCN1CCC(=O)Nc1cccc(N)c1. The molecule has 1 unspecified atom stereocenters. The van der Waals surface area contributed by atoms with E-state index in [1.54, 1.807) is 24.3 Å². The van der Waals surface area contributed by atoms with E-state index in [1.807, 2.05) is 11.8 Å². The highest BCUT2D eigenvalue weighted by molar-refractivity contribution is 5.91. The first-order chi connectivity index (χ1) is 9.56. The van der Waals surface area contributed by atoms with Gasteiger partial charge in [-0.15, -0.1) is 0 Å². The van der Waals surface area contributed by atoms with Gasteiger partial charge in [0.1, 0.15) is 0 Å². The lowest BCUT2D eigenvalue weighted by Gasteiger charge is -2.32. The summed E-state index contributed by atoms with van der Waals surface area (Å²) in [6.07, 6.45) is 0.354. The van der Waals surface area contributed by atoms with Crippen LogP contribution in [0.1, 0.15) is 13.3 Å². The summed E-state index contributed by atoms with van der Waals surface area (Å²) in [6, 6.07) is 6.90. The molecule has 6 heteroatoms. The van der Waals surface area contributed by atoms with Crippen LogP contribution in [-0.4, -0.2) is 42.4 Å². The number of amides is 2. The van der Waals surface area contributed by atoms with Crippen molar-refractivity contribution in [2.24, 2.45) is 0 Å². The van der Waals surface area contributed by atoms with E-state index in [2.05, 4.69) is 10.6 Å². The summed E-state index contributed by atoms with van der Waals surface area (Å²) < 4.78 is 0. The normalized spacial score (nSPS) is 19.4. The van der Waals surface area contributed by atoms with Gasteiger partial charge in [0.15, 0.2) is 0 Å². The van der Waals surface area contributed by atoms with Crippen LogP contribution in [0.2, 0.25) is 0 Å². The molecule has 1 aliphatic heterocycles. The van der Waals surface area contributed by atoms with Crippen molar-refractivity contribution >= 4 is 23.2 Å². The number of nitrogens with one attached hydrogen (secondary N) is 2. The first-order valence-corrected chi connectivity index (χ1v) is 6.73. The lowest BCUT2D eigenvalue weighted by molar-refractivity contribution is -0.129. The molecule has 1 aromatic carbocycles. The molecular formula is C14H20N4O2. The Morgan fingerprint density at radius 1 is 1.55 bits per heavy atom. The molecule has 0 saturated carbocycles. The quantitative estimate of drug-likeness (QED) is 0.695. The number of benzene rings is 1. The molecule has 1 aliphatic rings. The minimum Gasteiger partial charge on any atom is -0.399 e. The van der Waals surface area contributed by atoms with Crippen LogP contribution in [0.25, 0.3) is 0 Å². The molecule has 1 aromatic rings. The largest absolute Gasteiger partial charge is 0.399 e. The number of hydrogen-bond donors (Lipinski definition) is 3. The maximum atomic E-state index is 11.9. The fraction of sp³-hybridized carbons (Fsp3) is 0.429. The molecule has 1 heterocycles. The summed E-state index contributed by atoms with van der Waals surface area (Å²) in [4.78, 5) is 25.4. The van der Waals surface area contributed by atoms with Gasteiger partial charge in [0.05, 0.1) is 6.04 Å². The molecule has 4 N–H and O–H groups in total. The Morgan fingerprint density at radius 3 is 3.10 bits per heavy atom. The van der Waals surface area contributed by atoms with Gasteiger partial charge in [-0.2, -0.15) is 0 Å². The molecule has 0 aromatic heterocycles. The zero-order chi connectivity index (χ0) is 14.5. The summed E-state index contributed by atoms with van der Waals surface area (Å²) in [5.74, 6) is -0.0544. The summed E-state index contributed by atoms with van der Waals surface area (Å²) in [7, 11) is 0. The zero-order valence-corrected chi connectivity index (χ0v) is 11.6. The van der Waals surface area contributed by atoms with Crippen LogP contribution in [0, 0.1) is 0 Å². The van der Waals surface area contributed by atoms with Gasteiger partial charge in [-0.1, -0.05) is 6.07 Å². The molecule has 2 rings (SSSR count). The van der Waals surface area contributed by atoms with Gasteiger partial charge < -0.3 is 16.4 Å². The van der Waals surface area contributed by atoms with E-state index in [4.69, 9.17) is 5.73 Å². The van der Waals surface area contributed by atoms with E-state index in [1.165, 1.54) is 0 Å². The van der Waals surface area contributed by atoms with Crippen molar-refractivity contribution in [3.05, 3.63) is 24.3 Å². The van der Waals surface area contributed by atoms with Crippen molar-refractivity contribution in [1.82, 2.24) is 10.2 Å². The van der Waals surface area contributed by atoms with Crippen LogP contribution >= 0.6 is 0 Å². The van der Waals surface area contributed by atoms with Crippen LogP contribution in [-0.2, 0) is 9.59 Å². The predicted octanol–water partition coefficient (Wildman–Crippen LogP) is 0.418. The summed E-state index contributed by atoms with van der Waals surface area (Å²) in [5, 5.41) is 5.60. The Balaban J connectivity index is 1.82. The van der Waals surface area contributed by atoms with Crippen LogP contribution in [0.4, 0.5) is 11.4 Å². The van der Waals surface area contributed by atoms with Gasteiger partial charge in [-0.05, 0) is 25.1 Å². The number of carbonyl (C=O) groups excluding carboxylic acids is 2. The highest BCUT2D eigenvalue weighted by Gasteiger charge is 2.25. The monoisotopic (exact) mass is 276 g/mol. The highest BCUT2D eigenvalue weighted by atomic mass is 16.2. The van der Waals surface area contributed by atoms with Crippen molar-refractivity contribution < 1.29 is 9.59 Å². The Kier molecular flexibility index (Phi) is 4.57. The Bertz CT molecular complexity index is 504. The molecule has 6 nitrogen and oxygen atoms in total. The number of anilines is 2. The predicted molar refractivity (Wildman–Crippen MR) is 78.1 cm³/mol. The van der Waals surface area contributed by atoms with Crippen LogP contribution in [0.15, 0.2) is 24.3 Å². The average molecular weight is 276 g/mol. The van der Waals surface area contributed by atoms with Crippen LogP contribution in [0.3, 0.4) is 0 Å². The summed E-state index contributed by atoms with van der Waals surface area (Å²) in [5.41, 5.74) is 6.96. The lowest BCUT2D eigenvalue weighted by Crippen LogP contribution is -2.54. The number of nitrogens with zero attached hydrogens (tertiary/aromatic N) is 1. The van der Waals surface area contributed by atoms with Gasteiger partial charge in [0.25, 0.3) is 0 Å². The first-order valence-electron chi connectivity index (χ1n) is 6.73.